The van der Waals surface area contributed by atoms with Crippen molar-refractivity contribution in [3.63, 3.8) is 0 Å². The van der Waals surface area contributed by atoms with Crippen LogP contribution in [0, 0.1) is 6.92 Å². The van der Waals surface area contributed by atoms with Crippen LogP contribution < -0.4 is 16.0 Å². The maximum Gasteiger partial charge on any atom is 0.332 e. The van der Waals surface area contributed by atoms with Crippen molar-refractivity contribution in [1.82, 2.24) is 9.13 Å². The summed E-state index contributed by atoms with van der Waals surface area (Å²) in [7, 11) is 1.55. The highest BCUT2D eigenvalue weighted by Gasteiger charge is 2.23. The summed E-state index contributed by atoms with van der Waals surface area (Å²) < 4.78 is 12.9. The first-order valence-electron chi connectivity index (χ1n) is 10.7. The Morgan fingerprint density at radius 1 is 1.06 bits per heavy atom. The molecule has 0 aliphatic heterocycles. The van der Waals surface area contributed by atoms with E-state index in [1.54, 1.807) is 44.4 Å². The molecule has 0 fully saturated rings. The number of methoxy groups -OCH3 is 1. The number of hydrogen-bond acceptors (Lipinski definition) is 7. The predicted molar refractivity (Wildman–Crippen MR) is 131 cm³/mol. The summed E-state index contributed by atoms with van der Waals surface area (Å²) in [6, 6.07) is 14.0. The van der Waals surface area contributed by atoms with Gasteiger partial charge in [0.05, 0.1) is 25.6 Å². The van der Waals surface area contributed by atoms with Gasteiger partial charge in [-0.05, 0) is 55.3 Å². The number of nitrogens with zero attached hydrogens (tertiary/aromatic N) is 2. The van der Waals surface area contributed by atoms with Crippen LogP contribution in [-0.4, -0.2) is 33.9 Å². The SMILES string of the molecule is CCOC(=O)Cn1c(=O)c2c(C)c(-c3ccc(O)cc3)sc2n(Cc2ccccc2OC)c1=O. The summed E-state index contributed by atoms with van der Waals surface area (Å²) in [5.74, 6) is 0.0849. The number of aryl methyl sites for hydroxylation is 1. The second kappa shape index (κ2) is 9.56. The molecule has 0 radical (unpaired) electrons. The fraction of sp³-hybridized carbons (Fsp3) is 0.240. The normalized spacial score (nSPS) is 11.0. The number of phenolic OH excluding ortho intramolecular Hbond substituents is 1. The summed E-state index contributed by atoms with van der Waals surface area (Å²) in [6.45, 7) is 3.30. The van der Waals surface area contributed by atoms with Crippen LogP contribution in [0.25, 0.3) is 20.7 Å². The molecule has 2 aromatic carbocycles. The number of thiophene rings is 1. The molecule has 9 heteroatoms. The largest absolute Gasteiger partial charge is 0.508 e. The van der Waals surface area contributed by atoms with E-state index in [2.05, 4.69) is 0 Å². The van der Waals surface area contributed by atoms with Gasteiger partial charge in [0, 0.05) is 10.4 Å². The number of benzene rings is 2. The molecule has 8 nitrogen and oxygen atoms in total. The van der Waals surface area contributed by atoms with E-state index < -0.39 is 23.8 Å². The van der Waals surface area contributed by atoms with Gasteiger partial charge in [-0.15, -0.1) is 11.3 Å². The van der Waals surface area contributed by atoms with Crippen LogP contribution in [0.15, 0.2) is 58.1 Å². The lowest BCUT2D eigenvalue weighted by atomic mass is 10.1. The Morgan fingerprint density at radius 3 is 2.44 bits per heavy atom. The van der Waals surface area contributed by atoms with Crippen molar-refractivity contribution >= 4 is 27.5 Å². The Labute approximate surface area is 199 Å². The molecule has 0 unspecified atom stereocenters. The van der Waals surface area contributed by atoms with E-state index in [9.17, 15) is 19.5 Å². The number of esters is 1. The van der Waals surface area contributed by atoms with Gasteiger partial charge in [-0.25, -0.2) is 9.36 Å². The lowest BCUT2D eigenvalue weighted by Gasteiger charge is -2.14. The van der Waals surface area contributed by atoms with E-state index in [0.717, 1.165) is 20.6 Å². The maximum atomic E-state index is 13.5. The molecule has 0 aliphatic rings. The summed E-state index contributed by atoms with van der Waals surface area (Å²) in [5, 5.41) is 10.0. The standard InChI is InChI=1S/C25H24N2O6S/c1-4-33-20(29)14-26-23(30)21-15(2)22(16-9-11-18(28)12-10-16)34-24(21)27(25(26)31)13-17-7-5-6-8-19(17)32-3/h5-12,28H,4,13-14H2,1-3H3. The minimum atomic E-state index is -0.656. The third kappa shape index (κ3) is 4.22. The molecule has 0 saturated heterocycles. The maximum absolute atomic E-state index is 13.5. The van der Waals surface area contributed by atoms with Gasteiger partial charge in [0.15, 0.2) is 0 Å². The van der Waals surface area contributed by atoms with Gasteiger partial charge in [0.25, 0.3) is 5.56 Å². The van der Waals surface area contributed by atoms with Crippen molar-refractivity contribution < 1.29 is 19.4 Å². The zero-order valence-electron chi connectivity index (χ0n) is 19.0. The lowest BCUT2D eigenvalue weighted by molar-refractivity contribution is -0.143. The van der Waals surface area contributed by atoms with E-state index in [1.165, 1.54) is 15.9 Å². The van der Waals surface area contributed by atoms with Gasteiger partial charge in [0.2, 0.25) is 0 Å². The fourth-order valence-electron chi connectivity index (χ4n) is 3.90. The molecule has 0 saturated carbocycles. The molecule has 0 atom stereocenters. The molecule has 176 valence electrons. The third-order valence-electron chi connectivity index (χ3n) is 5.54. The highest BCUT2D eigenvalue weighted by atomic mass is 32.1. The van der Waals surface area contributed by atoms with Crippen molar-refractivity contribution in [1.29, 1.82) is 0 Å². The minimum Gasteiger partial charge on any atom is -0.508 e. The van der Waals surface area contributed by atoms with Gasteiger partial charge < -0.3 is 14.6 Å². The van der Waals surface area contributed by atoms with Gasteiger partial charge in [-0.1, -0.05) is 18.2 Å². The van der Waals surface area contributed by atoms with Crippen molar-refractivity contribution in [2.45, 2.75) is 26.9 Å². The van der Waals surface area contributed by atoms with E-state index in [-0.39, 0.29) is 18.9 Å². The molecule has 0 bridgehead atoms. The highest BCUT2D eigenvalue weighted by Crippen LogP contribution is 2.37. The number of aromatic nitrogens is 2. The Morgan fingerprint density at radius 2 is 1.76 bits per heavy atom. The predicted octanol–water partition coefficient (Wildman–Crippen LogP) is 3.53. The van der Waals surface area contributed by atoms with E-state index in [4.69, 9.17) is 9.47 Å². The fourth-order valence-corrected chi connectivity index (χ4v) is 5.20. The van der Waals surface area contributed by atoms with Crippen LogP contribution in [0.5, 0.6) is 11.5 Å². The topological polar surface area (TPSA) is 99.8 Å². The number of ether oxygens (including phenoxy) is 2. The minimum absolute atomic E-state index is 0.132. The second-order valence-electron chi connectivity index (χ2n) is 7.66. The summed E-state index contributed by atoms with van der Waals surface area (Å²) >= 11 is 1.32. The molecular formula is C25H24N2O6S. The van der Waals surface area contributed by atoms with Crippen LogP contribution in [0.1, 0.15) is 18.1 Å². The average Bonchev–Trinajstić information content (AvgIpc) is 3.17. The summed E-state index contributed by atoms with van der Waals surface area (Å²) in [4.78, 5) is 40.4. The molecule has 2 heterocycles. The van der Waals surface area contributed by atoms with Crippen LogP contribution in [0.2, 0.25) is 0 Å². The molecule has 1 N–H and O–H groups in total. The Kier molecular flexibility index (Phi) is 6.56. The molecule has 0 spiro atoms. The van der Waals surface area contributed by atoms with E-state index in [0.29, 0.717) is 21.5 Å². The number of phenols is 1. The molecule has 0 aliphatic carbocycles. The first-order valence-corrected chi connectivity index (χ1v) is 11.5. The second-order valence-corrected chi connectivity index (χ2v) is 8.66. The Hall–Kier alpha value is -3.85. The van der Waals surface area contributed by atoms with Gasteiger partial charge in [-0.2, -0.15) is 0 Å². The smallest absolute Gasteiger partial charge is 0.332 e. The number of aromatic hydroxyl groups is 1. The summed E-state index contributed by atoms with van der Waals surface area (Å²) in [6.07, 6.45) is 0. The van der Waals surface area contributed by atoms with Crippen molar-refractivity contribution in [3.8, 4) is 21.9 Å². The first kappa shape index (κ1) is 23.3. The molecule has 4 aromatic rings. The molecule has 4 rings (SSSR count). The van der Waals surface area contributed by atoms with Crippen molar-refractivity contribution in [3.05, 3.63) is 80.5 Å². The number of rotatable bonds is 7. The molecule has 0 amide bonds. The molecule has 34 heavy (non-hydrogen) atoms. The monoisotopic (exact) mass is 480 g/mol. The van der Waals surface area contributed by atoms with Gasteiger partial charge >= 0.3 is 11.7 Å². The summed E-state index contributed by atoms with van der Waals surface area (Å²) in [5.41, 5.74) is 1.12. The van der Waals surface area contributed by atoms with E-state index in [1.807, 2.05) is 25.1 Å². The quantitative estimate of drug-likeness (QED) is 0.406. The third-order valence-corrected chi connectivity index (χ3v) is 6.90. The Balaban J connectivity index is 2.00. The Bertz CT molecular complexity index is 1480. The lowest BCUT2D eigenvalue weighted by Crippen LogP contribution is -2.42. The zero-order chi connectivity index (χ0) is 24.4. The van der Waals surface area contributed by atoms with Crippen LogP contribution in [-0.2, 0) is 22.6 Å². The number of carbonyl (C=O) groups excluding carboxylic acids is 1. The number of para-hydroxylation sites is 1. The van der Waals surface area contributed by atoms with Crippen molar-refractivity contribution in [2.24, 2.45) is 0 Å². The highest BCUT2D eigenvalue weighted by molar-refractivity contribution is 7.22. The number of carbonyl (C=O) groups is 1. The van der Waals surface area contributed by atoms with Crippen molar-refractivity contribution in [2.75, 3.05) is 13.7 Å². The van der Waals surface area contributed by atoms with Crippen LogP contribution in [0.4, 0.5) is 0 Å². The zero-order valence-corrected chi connectivity index (χ0v) is 19.8. The number of fused-ring (bicyclic) bond motifs is 1. The molecular weight excluding hydrogens is 456 g/mol. The van der Waals surface area contributed by atoms with E-state index >= 15 is 0 Å². The van der Waals surface area contributed by atoms with Gasteiger partial charge in [0.1, 0.15) is 22.9 Å². The van der Waals surface area contributed by atoms with Gasteiger partial charge in [-0.3, -0.25) is 14.2 Å². The first-order chi connectivity index (χ1) is 16.3. The average molecular weight is 481 g/mol. The molecule has 2 aromatic heterocycles. The number of hydrogen-bond donors (Lipinski definition) is 1. The van der Waals surface area contributed by atoms with Crippen LogP contribution in [0.3, 0.4) is 0 Å². The van der Waals surface area contributed by atoms with Crippen LogP contribution >= 0.6 is 11.3 Å².